The Kier molecular flexibility index (Phi) is 4.42. The van der Waals surface area contributed by atoms with Gasteiger partial charge in [0.1, 0.15) is 4.21 Å². The highest BCUT2D eigenvalue weighted by atomic mass is 32.2. The normalized spacial score (nSPS) is 24.9. The van der Waals surface area contributed by atoms with Crippen molar-refractivity contribution in [3.05, 3.63) is 17.0 Å². The maximum atomic E-state index is 12.7. The van der Waals surface area contributed by atoms with Gasteiger partial charge in [-0.3, -0.25) is 0 Å². The average molecular weight is 333 g/mol. The second-order valence-electron chi connectivity index (χ2n) is 5.42. The van der Waals surface area contributed by atoms with E-state index in [4.69, 9.17) is 0 Å². The number of hydrogen-bond donors (Lipinski definition) is 1. The van der Waals surface area contributed by atoms with Crippen molar-refractivity contribution in [1.29, 1.82) is 0 Å². The zero-order chi connectivity index (χ0) is 14.2. The van der Waals surface area contributed by atoms with Crippen molar-refractivity contribution >= 4 is 33.1 Å². The van der Waals surface area contributed by atoms with Gasteiger partial charge < -0.3 is 5.32 Å². The Balaban J connectivity index is 1.72. The molecule has 20 heavy (non-hydrogen) atoms. The highest BCUT2D eigenvalue weighted by Gasteiger charge is 2.32. The van der Waals surface area contributed by atoms with Crippen molar-refractivity contribution in [3.8, 4) is 0 Å². The fraction of sp³-hybridized carbons (Fsp3) is 0.692. The van der Waals surface area contributed by atoms with Crippen LogP contribution in [0.3, 0.4) is 0 Å². The number of thiophene rings is 1. The van der Waals surface area contributed by atoms with Crippen LogP contribution in [0.1, 0.15) is 24.6 Å². The molecule has 3 rings (SSSR count). The van der Waals surface area contributed by atoms with Crippen molar-refractivity contribution in [3.63, 3.8) is 0 Å². The van der Waals surface area contributed by atoms with Crippen LogP contribution in [0.15, 0.2) is 16.3 Å². The number of thioether (sulfide) groups is 1. The van der Waals surface area contributed by atoms with Crippen LogP contribution in [0.2, 0.25) is 0 Å². The summed E-state index contributed by atoms with van der Waals surface area (Å²) in [6.07, 6.45) is 2.50. The topological polar surface area (TPSA) is 49.4 Å². The van der Waals surface area contributed by atoms with Gasteiger partial charge in [-0.2, -0.15) is 16.1 Å². The zero-order valence-corrected chi connectivity index (χ0v) is 14.0. The van der Waals surface area contributed by atoms with Crippen molar-refractivity contribution in [2.75, 3.05) is 18.1 Å². The lowest BCUT2D eigenvalue weighted by Gasteiger charge is -2.31. The Labute approximate surface area is 129 Å². The predicted octanol–water partition coefficient (Wildman–Crippen LogP) is 2.13. The average Bonchev–Trinajstić information content (AvgIpc) is 3.13. The molecule has 112 valence electrons. The van der Waals surface area contributed by atoms with Crippen LogP contribution in [-0.2, 0) is 16.6 Å². The zero-order valence-electron chi connectivity index (χ0n) is 11.5. The quantitative estimate of drug-likeness (QED) is 0.897. The molecule has 7 heteroatoms. The van der Waals surface area contributed by atoms with Gasteiger partial charge in [0.05, 0.1) is 0 Å². The highest BCUT2D eigenvalue weighted by molar-refractivity contribution is 7.99. The van der Waals surface area contributed by atoms with Crippen LogP contribution in [0.5, 0.6) is 0 Å². The Morgan fingerprint density at radius 2 is 2.20 bits per heavy atom. The second-order valence-corrected chi connectivity index (χ2v) is 9.85. The first-order chi connectivity index (χ1) is 9.57. The van der Waals surface area contributed by atoms with Crippen molar-refractivity contribution < 1.29 is 8.42 Å². The first-order valence-electron chi connectivity index (χ1n) is 6.99. The minimum Gasteiger partial charge on any atom is -0.309 e. The largest absolute Gasteiger partial charge is 0.309 e. The molecule has 4 nitrogen and oxygen atoms in total. The maximum Gasteiger partial charge on any atom is 0.252 e. The predicted molar refractivity (Wildman–Crippen MR) is 84.9 cm³/mol. The number of nitrogens with one attached hydrogen (secondary N) is 1. The molecule has 1 saturated heterocycles. The van der Waals surface area contributed by atoms with Gasteiger partial charge in [-0.15, -0.1) is 11.3 Å². The third kappa shape index (κ3) is 3.22. The summed E-state index contributed by atoms with van der Waals surface area (Å²) in [4.78, 5) is 1.11. The summed E-state index contributed by atoms with van der Waals surface area (Å²) in [6, 6.07) is 4.44. The first-order valence-corrected chi connectivity index (χ1v) is 10.4. The Hall–Kier alpha value is -0.0800. The Bertz CT molecular complexity index is 566. The molecule has 0 spiro atoms. The van der Waals surface area contributed by atoms with Gasteiger partial charge in [0.25, 0.3) is 10.0 Å². The van der Waals surface area contributed by atoms with E-state index >= 15 is 0 Å². The van der Waals surface area contributed by atoms with Crippen molar-refractivity contribution in [2.24, 2.45) is 0 Å². The number of nitrogens with zero attached hydrogens (tertiary/aromatic N) is 1. The molecular formula is C13H20N2O2S3. The van der Waals surface area contributed by atoms with Crippen molar-refractivity contribution in [2.45, 2.75) is 42.6 Å². The van der Waals surface area contributed by atoms with Gasteiger partial charge in [0.2, 0.25) is 0 Å². The summed E-state index contributed by atoms with van der Waals surface area (Å²) < 4.78 is 27.5. The lowest BCUT2D eigenvalue weighted by Crippen LogP contribution is -2.44. The van der Waals surface area contributed by atoms with Gasteiger partial charge >= 0.3 is 0 Å². The fourth-order valence-corrected chi connectivity index (χ4v) is 6.60. The van der Waals surface area contributed by atoms with Gasteiger partial charge in [0, 0.05) is 41.6 Å². The molecule has 1 saturated carbocycles. The van der Waals surface area contributed by atoms with E-state index in [-0.39, 0.29) is 6.04 Å². The molecule has 1 atom stereocenters. The number of hydrogen-bond acceptors (Lipinski definition) is 5. The molecule has 1 aromatic heterocycles. The molecule has 0 aromatic carbocycles. The molecule has 2 fully saturated rings. The molecule has 1 aliphatic carbocycles. The monoisotopic (exact) mass is 332 g/mol. The second kappa shape index (κ2) is 5.96. The molecule has 0 bridgehead atoms. The van der Waals surface area contributed by atoms with Crippen molar-refractivity contribution in [1.82, 2.24) is 9.62 Å². The molecule has 0 radical (unpaired) electrons. The van der Waals surface area contributed by atoms with Crippen LogP contribution < -0.4 is 5.32 Å². The van der Waals surface area contributed by atoms with Crippen LogP contribution >= 0.6 is 23.1 Å². The lowest BCUT2D eigenvalue weighted by molar-refractivity contribution is 0.368. The number of sulfonamides is 1. The third-order valence-electron chi connectivity index (χ3n) is 3.65. The lowest BCUT2D eigenvalue weighted by atomic mass is 10.4. The van der Waals surface area contributed by atoms with E-state index in [0.717, 1.165) is 22.9 Å². The maximum absolute atomic E-state index is 12.7. The fourth-order valence-electron chi connectivity index (χ4n) is 2.31. The minimum absolute atomic E-state index is 0.0916. The smallest absolute Gasteiger partial charge is 0.252 e. The van der Waals surface area contributed by atoms with E-state index in [1.165, 1.54) is 24.2 Å². The molecule has 0 amide bonds. The summed E-state index contributed by atoms with van der Waals surface area (Å²) in [5.74, 6) is 1.78. The van der Waals surface area contributed by atoms with E-state index < -0.39 is 10.0 Å². The van der Waals surface area contributed by atoms with Crippen LogP contribution in [0.4, 0.5) is 0 Å². The van der Waals surface area contributed by atoms with E-state index in [0.29, 0.717) is 16.8 Å². The van der Waals surface area contributed by atoms with Gasteiger partial charge in [0.15, 0.2) is 0 Å². The SMILES string of the molecule is CC1CSCCN1S(=O)(=O)c1ccc(CNC2CC2)s1. The third-order valence-corrected chi connectivity index (χ3v) is 8.40. The molecular weight excluding hydrogens is 312 g/mol. The van der Waals surface area contributed by atoms with Gasteiger partial charge in [-0.25, -0.2) is 8.42 Å². The summed E-state index contributed by atoms with van der Waals surface area (Å²) in [5.41, 5.74) is 0. The van der Waals surface area contributed by atoms with E-state index in [1.807, 2.05) is 24.8 Å². The van der Waals surface area contributed by atoms with E-state index in [9.17, 15) is 8.42 Å². The summed E-state index contributed by atoms with van der Waals surface area (Å²) in [5, 5.41) is 3.42. The van der Waals surface area contributed by atoms with Crippen LogP contribution in [-0.4, -0.2) is 42.9 Å². The summed E-state index contributed by atoms with van der Waals surface area (Å²) >= 11 is 3.24. The Morgan fingerprint density at radius 3 is 2.90 bits per heavy atom. The van der Waals surface area contributed by atoms with Gasteiger partial charge in [-0.05, 0) is 31.9 Å². The minimum atomic E-state index is -3.30. The molecule has 2 heterocycles. The number of rotatable bonds is 5. The molecule has 1 aliphatic heterocycles. The standard InChI is InChI=1S/C13H20N2O2S3/c1-10-9-18-7-6-15(10)20(16,17)13-5-4-12(19-13)8-14-11-2-3-11/h4-5,10-11,14H,2-3,6-9H2,1H3. The summed E-state index contributed by atoms with van der Waals surface area (Å²) in [6.45, 7) is 3.41. The van der Waals surface area contributed by atoms with E-state index in [1.54, 1.807) is 10.4 Å². The van der Waals surface area contributed by atoms with Crippen LogP contribution in [0, 0.1) is 0 Å². The Morgan fingerprint density at radius 1 is 1.40 bits per heavy atom. The van der Waals surface area contributed by atoms with Crippen LogP contribution in [0.25, 0.3) is 0 Å². The van der Waals surface area contributed by atoms with E-state index in [2.05, 4.69) is 5.32 Å². The first kappa shape index (κ1) is 14.8. The summed E-state index contributed by atoms with van der Waals surface area (Å²) in [7, 11) is -3.30. The molecule has 1 unspecified atom stereocenters. The highest BCUT2D eigenvalue weighted by Crippen LogP contribution is 2.29. The molecule has 2 aliphatic rings. The van der Waals surface area contributed by atoms with Gasteiger partial charge in [-0.1, -0.05) is 0 Å². The molecule has 1 N–H and O–H groups in total. The molecule has 1 aromatic rings.